The van der Waals surface area contributed by atoms with E-state index in [0.29, 0.717) is 39.5 Å². The highest BCUT2D eigenvalue weighted by atomic mass is 35.5. The predicted octanol–water partition coefficient (Wildman–Crippen LogP) is 6.35. The topological polar surface area (TPSA) is 76.5 Å². The number of carbonyl (C=O) groups excluding carboxylic acids is 2. The lowest BCUT2D eigenvalue weighted by Gasteiger charge is -2.24. The molecule has 2 amide bonds. The number of benzene rings is 3. The number of nitrogens with zero attached hydrogens (tertiary/aromatic N) is 3. The van der Waals surface area contributed by atoms with E-state index >= 15 is 0 Å². The van der Waals surface area contributed by atoms with Gasteiger partial charge in [0.15, 0.2) is 6.61 Å². The van der Waals surface area contributed by atoms with E-state index in [4.69, 9.17) is 33.0 Å². The number of amides is 2. The third-order valence-corrected chi connectivity index (χ3v) is 6.15. The molecule has 0 aliphatic carbocycles. The van der Waals surface area contributed by atoms with Gasteiger partial charge in [-0.05, 0) is 42.3 Å². The molecule has 0 spiro atoms. The van der Waals surface area contributed by atoms with Gasteiger partial charge in [-0.1, -0.05) is 79.5 Å². The lowest BCUT2D eigenvalue weighted by Crippen LogP contribution is -2.42. The number of halogens is 2. The molecule has 0 saturated carbocycles. The Morgan fingerprint density at radius 3 is 2.34 bits per heavy atom. The van der Waals surface area contributed by atoms with Gasteiger partial charge < -0.3 is 15.0 Å². The number of carbonyl (C=O) groups is 2. The van der Waals surface area contributed by atoms with Crippen molar-refractivity contribution in [1.82, 2.24) is 14.7 Å². The normalized spacial score (nSPS) is 10.9. The molecule has 9 heteroatoms. The van der Waals surface area contributed by atoms with E-state index < -0.39 is 0 Å². The van der Waals surface area contributed by atoms with E-state index in [-0.39, 0.29) is 30.9 Å². The molecule has 0 saturated heterocycles. The maximum absolute atomic E-state index is 13.2. The zero-order valence-corrected chi connectivity index (χ0v) is 22.6. The molecule has 0 aliphatic rings. The highest BCUT2D eigenvalue weighted by molar-refractivity contribution is 6.32. The molecule has 1 heterocycles. The maximum atomic E-state index is 13.2. The summed E-state index contributed by atoms with van der Waals surface area (Å²) in [5, 5.41) is 8.69. The van der Waals surface area contributed by atoms with Crippen LogP contribution in [0.3, 0.4) is 0 Å². The standard InChI is InChI=1S/C29H28Cl2N4O3/c1-20(2)17-34(29(37)19-38-23-14-12-22(30)13-15-23)18-28(36)32-27-16-25(21-8-4-3-5-9-21)33-35(27)26-11-7-6-10-24(26)31/h3-16,20H,17-19H2,1-2H3,(H,32,36). The van der Waals surface area contributed by atoms with Gasteiger partial charge in [-0.15, -0.1) is 0 Å². The summed E-state index contributed by atoms with van der Waals surface area (Å²) >= 11 is 12.4. The summed E-state index contributed by atoms with van der Waals surface area (Å²) in [6.07, 6.45) is 0. The highest BCUT2D eigenvalue weighted by Gasteiger charge is 2.21. The van der Waals surface area contributed by atoms with E-state index in [1.807, 2.05) is 62.4 Å². The minimum absolute atomic E-state index is 0.143. The molecule has 0 radical (unpaired) electrons. The Bertz CT molecular complexity index is 1390. The van der Waals surface area contributed by atoms with Crippen molar-refractivity contribution in [3.8, 4) is 22.7 Å². The molecule has 4 aromatic rings. The summed E-state index contributed by atoms with van der Waals surface area (Å²) in [6, 6.07) is 25.4. The smallest absolute Gasteiger partial charge is 0.260 e. The molecule has 0 fully saturated rings. The summed E-state index contributed by atoms with van der Waals surface area (Å²) in [6.45, 7) is 4.02. The number of hydrogen-bond acceptors (Lipinski definition) is 4. The number of para-hydroxylation sites is 1. The van der Waals surface area contributed by atoms with Crippen LogP contribution in [0.1, 0.15) is 13.8 Å². The summed E-state index contributed by atoms with van der Waals surface area (Å²) in [5.41, 5.74) is 2.19. The van der Waals surface area contributed by atoms with Gasteiger partial charge in [0.2, 0.25) is 5.91 Å². The molecule has 7 nitrogen and oxygen atoms in total. The minimum atomic E-state index is -0.363. The van der Waals surface area contributed by atoms with Gasteiger partial charge in [-0.2, -0.15) is 5.10 Å². The molecule has 1 N–H and O–H groups in total. The monoisotopic (exact) mass is 550 g/mol. The van der Waals surface area contributed by atoms with Gasteiger partial charge in [0.25, 0.3) is 5.91 Å². The van der Waals surface area contributed by atoms with Crippen LogP contribution in [0.5, 0.6) is 5.75 Å². The average molecular weight is 551 g/mol. The summed E-state index contributed by atoms with van der Waals surface area (Å²) in [5.74, 6) is 0.456. The Morgan fingerprint density at radius 1 is 0.974 bits per heavy atom. The van der Waals surface area contributed by atoms with Gasteiger partial charge in [0, 0.05) is 23.2 Å². The molecule has 0 aliphatic heterocycles. The van der Waals surface area contributed by atoms with Gasteiger partial charge in [0.05, 0.1) is 16.4 Å². The van der Waals surface area contributed by atoms with Gasteiger partial charge in [-0.25, -0.2) is 4.68 Å². The summed E-state index contributed by atoms with van der Waals surface area (Å²) in [7, 11) is 0. The van der Waals surface area contributed by atoms with E-state index in [2.05, 4.69) is 5.32 Å². The van der Waals surface area contributed by atoms with Crippen molar-refractivity contribution in [3.05, 3.63) is 95.0 Å². The Balaban J connectivity index is 1.52. The number of anilines is 1. The van der Waals surface area contributed by atoms with Crippen LogP contribution in [0.2, 0.25) is 10.0 Å². The number of ether oxygens (including phenoxy) is 1. The molecular formula is C29H28Cl2N4O3. The number of hydrogen-bond donors (Lipinski definition) is 1. The van der Waals surface area contributed by atoms with Crippen LogP contribution >= 0.6 is 23.2 Å². The quantitative estimate of drug-likeness (QED) is 0.249. The van der Waals surface area contributed by atoms with Crippen LogP contribution < -0.4 is 10.1 Å². The zero-order valence-electron chi connectivity index (χ0n) is 21.1. The molecule has 0 unspecified atom stereocenters. The first-order valence-corrected chi connectivity index (χ1v) is 12.9. The van der Waals surface area contributed by atoms with Crippen LogP contribution in [0.4, 0.5) is 5.82 Å². The Hall–Kier alpha value is -3.81. The lowest BCUT2D eigenvalue weighted by atomic mass is 10.1. The second-order valence-corrected chi connectivity index (χ2v) is 9.95. The number of aromatic nitrogens is 2. The van der Waals surface area contributed by atoms with Crippen LogP contribution in [-0.2, 0) is 9.59 Å². The van der Waals surface area contributed by atoms with E-state index in [1.165, 1.54) is 4.90 Å². The molecule has 3 aromatic carbocycles. The summed E-state index contributed by atoms with van der Waals surface area (Å²) < 4.78 is 7.22. The molecule has 196 valence electrons. The van der Waals surface area contributed by atoms with Crippen molar-refractivity contribution in [2.75, 3.05) is 25.0 Å². The fraction of sp³-hybridized carbons (Fsp3) is 0.207. The molecule has 38 heavy (non-hydrogen) atoms. The van der Waals surface area contributed by atoms with Gasteiger partial charge in [-0.3, -0.25) is 9.59 Å². The first-order chi connectivity index (χ1) is 18.3. The van der Waals surface area contributed by atoms with Crippen molar-refractivity contribution in [1.29, 1.82) is 0 Å². The van der Waals surface area contributed by atoms with Crippen molar-refractivity contribution in [2.45, 2.75) is 13.8 Å². The number of rotatable bonds is 10. The van der Waals surface area contributed by atoms with Crippen LogP contribution in [0, 0.1) is 5.92 Å². The number of nitrogens with one attached hydrogen (secondary N) is 1. The van der Waals surface area contributed by atoms with Gasteiger partial charge in [0.1, 0.15) is 18.1 Å². The van der Waals surface area contributed by atoms with Crippen LogP contribution in [-0.4, -0.2) is 46.2 Å². The average Bonchev–Trinajstić information content (AvgIpc) is 3.31. The first kappa shape index (κ1) is 27.2. The van der Waals surface area contributed by atoms with Crippen molar-refractivity contribution in [3.63, 3.8) is 0 Å². The fourth-order valence-corrected chi connectivity index (χ4v) is 4.19. The molecular weight excluding hydrogens is 523 g/mol. The largest absolute Gasteiger partial charge is 0.484 e. The third-order valence-electron chi connectivity index (χ3n) is 5.58. The Labute approximate surface area is 231 Å². The second-order valence-electron chi connectivity index (χ2n) is 9.10. The van der Waals surface area contributed by atoms with E-state index in [0.717, 1.165) is 5.56 Å². The van der Waals surface area contributed by atoms with Crippen molar-refractivity contribution in [2.24, 2.45) is 5.92 Å². The molecule has 4 rings (SSSR count). The third kappa shape index (κ3) is 7.15. The second kappa shape index (κ2) is 12.6. The van der Waals surface area contributed by atoms with Crippen molar-refractivity contribution < 1.29 is 14.3 Å². The minimum Gasteiger partial charge on any atom is -0.484 e. The first-order valence-electron chi connectivity index (χ1n) is 12.2. The maximum Gasteiger partial charge on any atom is 0.260 e. The van der Waals surface area contributed by atoms with E-state index in [9.17, 15) is 9.59 Å². The Kier molecular flexibility index (Phi) is 9.05. The SMILES string of the molecule is CC(C)CN(CC(=O)Nc1cc(-c2ccccc2)nn1-c1ccccc1Cl)C(=O)COc1ccc(Cl)cc1. The summed E-state index contributed by atoms with van der Waals surface area (Å²) in [4.78, 5) is 27.7. The Morgan fingerprint density at radius 2 is 1.66 bits per heavy atom. The molecule has 1 aromatic heterocycles. The van der Waals surface area contributed by atoms with Crippen LogP contribution in [0.15, 0.2) is 84.9 Å². The van der Waals surface area contributed by atoms with Crippen molar-refractivity contribution >= 4 is 40.8 Å². The van der Waals surface area contributed by atoms with Gasteiger partial charge >= 0.3 is 0 Å². The zero-order chi connectivity index (χ0) is 27.1. The fourth-order valence-electron chi connectivity index (χ4n) is 3.85. The molecule has 0 atom stereocenters. The predicted molar refractivity (Wildman–Crippen MR) is 151 cm³/mol. The lowest BCUT2D eigenvalue weighted by molar-refractivity contribution is -0.137. The molecule has 0 bridgehead atoms. The highest BCUT2D eigenvalue weighted by Crippen LogP contribution is 2.28. The van der Waals surface area contributed by atoms with E-state index in [1.54, 1.807) is 41.1 Å². The van der Waals surface area contributed by atoms with Crippen LogP contribution in [0.25, 0.3) is 16.9 Å².